The smallest absolute Gasteiger partial charge is 0.246 e. The third-order valence-electron chi connectivity index (χ3n) is 4.17. The molecule has 17 heavy (non-hydrogen) atoms. The van der Waals surface area contributed by atoms with Gasteiger partial charge in [-0.2, -0.15) is 0 Å². The minimum Gasteiger partial charge on any atom is -0.343 e. The highest BCUT2D eigenvalue weighted by Crippen LogP contribution is 2.32. The number of amides is 2. The average Bonchev–Trinajstić information content (AvgIpc) is 2.17. The van der Waals surface area contributed by atoms with Crippen molar-refractivity contribution in [1.29, 1.82) is 0 Å². The first-order valence-electron chi connectivity index (χ1n) is 6.60. The summed E-state index contributed by atoms with van der Waals surface area (Å²) in [6.45, 7) is 6.26. The topological polar surface area (TPSA) is 49.4 Å². The van der Waals surface area contributed by atoms with E-state index >= 15 is 0 Å². The van der Waals surface area contributed by atoms with E-state index in [0.717, 1.165) is 0 Å². The van der Waals surface area contributed by atoms with E-state index in [1.807, 2.05) is 13.8 Å². The third-order valence-corrected chi connectivity index (χ3v) is 4.17. The molecule has 0 radical (unpaired) electrons. The molecule has 2 rings (SSSR count). The molecule has 0 aromatic rings. The van der Waals surface area contributed by atoms with Crippen molar-refractivity contribution in [2.75, 3.05) is 6.54 Å². The number of rotatable bonds is 3. The van der Waals surface area contributed by atoms with E-state index in [2.05, 4.69) is 12.2 Å². The number of hydrogen-bond acceptors (Lipinski definition) is 2. The molecule has 1 saturated heterocycles. The van der Waals surface area contributed by atoms with Gasteiger partial charge in [-0.25, -0.2) is 0 Å². The number of piperazine rings is 1. The van der Waals surface area contributed by atoms with Crippen molar-refractivity contribution >= 4 is 11.8 Å². The number of nitrogens with zero attached hydrogens (tertiary/aromatic N) is 1. The van der Waals surface area contributed by atoms with Crippen molar-refractivity contribution in [2.45, 2.75) is 52.1 Å². The Morgan fingerprint density at radius 1 is 1.24 bits per heavy atom. The van der Waals surface area contributed by atoms with Crippen LogP contribution >= 0.6 is 0 Å². The molecule has 1 N–H and O–H groups in total. The summed E-state index contributed by atoms with van der Waals surface area (Å²) >= 11 is 0. The van der Waals surface area contributed by atoms with Gasteiger partial charge in [-0.15, -0.1) is 0 Å². The Morgan fingerprint density at radius 2 is 1.88 bits per heavy atom. The van der Waals surface area contributed by atoms with Gasteiger partial charge in [0.25, 0.3) is 0 Å². The lowest BCUT2D eigenvalue weighted by Gasteiger charge is -2.43. The Bertz CT molecular complexity index is 323. The maximum atomic E-state index is 12.3. The van der Waals surface area contributed by atoms with E-state index in [1.165, 1.54) is 19.3 Å². The van der Waals surface area contributed by atoms with Gasteiger partial charge >= 0.3 is 0 Å². The molecule has 2 atom stereocenters. The quantitative estimate of drug-likeness (QED) is 0.802. The van der Waals surface area contributed by atoms with Gasteiger partial charge in [0.15, 0.2) is 0 Å². The molecule has 0 aromatic carbocycles. The highest BCUT2D eigenvalue weighted by molar-refractivity contribution is 5.95. The summed E-state index contributed by atoms with van der Waals surface area (Å²) in [5.74, 6) is 0.828. The van der Waals surface area contributed by atoms with Crippen LogP contribution in [0.1, 0.15) is 40.0 Å². The van der Waals surface area contributed by atoms with E-state index in [-0.39, 0.29) is 36.4 Å². The second-order valence-electron chi connectivity index (χ2n) is 5.69. The summed E-state index contributed by atoms with van der Waals surface area (Å²) < 4.78 is 0. The third kappa shape index (κ3) is 2.31. The fourth-order valence-corrected chi connectivity index (χ4v) is 2.67. The minimum absolute atomic E-state index is 0.0190. The van der Waals surface area contributed by atoms with Crippen molar-refractivity contribution in [3.63, 3.8) is 0 Å². The van der Waals surface area contributed by atoms with Crippen molar-refractivity contribution in [3.8, 4) is 0 Å². The van der Waals surface area contributed by atoms with E-state index in [9.17, 15) is 9.59 Å². The van der Waals surface area contributed by atoms with Crippen LogP contribution in [0.3, 0.4) is 0 Å². The Labute approximate surface area is 103 Å². The molecule has 1 aliphatic carbocycles. The highest BCUT2D eigenvalue weighted by atomic mass is 16.2. The maximum Gasteiger partial charge on any atom is 0.246 e. The summed E-state index contributed by atoms with van der Waals surface area (Å²) in [5, 5.41) is 2.80. The molecule has 1 saturated carbocycles. The first-order chi connectivity index (χ1) is 8.00. The Morgan fingerprint density at radius 3 is 2.35 bits per heavy atom. The molecule has 2 fully saturated rings. The van der Waals surface area contributed by atoms with E-state index in [0.29, 0.717) is 5.92 Å². The minimum atomic E-state index is -0.334. The fourth-order valence-electron chi connectivity index (χ4n) is 2.67. The van der Waals surface area contributed by atoms with Gasteiger partial charge in [-0.3, -0.25) is 9.59 Å². The molecule has 96 valence electrons. The molecule has 0 spiro atoms. The molecule has 2 aliphatic rings. The van der Waals surface area contributed by atoms with Gasteiger partial charge < -0.3 is 10.2 Å². The zero-order valence-electron chi connectivity index (χ0n) is 10.9. The largest absolute Gasteiger partial charge is 0.343 e. The Kier molecular flexibility index (Phi) is 3.40. The van der Waals surface area contributed by atoms with Crippen LogP contribution in [-0.2, 0) is 9.59 Å². The summed E-state index contributed by atoms with van der Waals surface area (Å²) in [5.41, 5.74) is 0. The maximum absolute atomic E-state index is 12.3. The van der Waals surface area contributed by atoms with Gasteiger partial charge in [-0.05, 0) is 31.6 Å². The van der Waals surface area contributed by atoms with Crippen LogP contribution in [-0.4, -0.2) is 35.3 Å². The normalized spacial score (nSPS) is 28.0. The SMILES string of the molecule is CC(C)C1NC(=O)CN(C(C)C2CCC2)C1=O. The molecule has 0 bridgehead atoms. The van der Waals surface area contributed by atoms with Crippen molar-refractivity contribution < 1.29 is 9.59 Å². The lowest BCUT2D eigenvalue weighted by molar-refractivity contribution is -0.149. The fraction of sp³-hybridized carbons (Fsp3) is 0.846. The first kappa shape index (κ1) is 12.4. The molecule has 0 aromatic heterocycles. The molecule has 4 heteroatoms. The van der Waals surface area contributed by atoms with Gasteiger partial charge in [0.2, 0.25) is 11.8 Å². The summed E-state index contributed by atoms with van der Waals surface area (Å²) in [6, 6.07) is -0.123. The molecule has 1 heterocycles. The average molecular weight is 238 g/mol. The van der Waals surface area contributed by atoms with E-state index in [4.69, 9.17) is 0 Å². The van der Waals surface area contributed by atoms with Gasteiger partial charge in [0, 0.05) is 6.04 Å². The monoisotopic (exact) mass is 238 g/mol. The first-order valence-corrected chi connectivity index (χ1v) is 6.60. The Balaban J connectivity index is 2.09. The molecule has 1 aliphatic heterocycles. The van der Waals surface area contributed by atoms with Crippen LogP contribution in [0.2, 0.25) is 0 Å². The van der Waals surface area contributed by atoms with Gasteiger partial charge in [0.1, 0.15) is 6.04 Å². The zero-order chi connectivity index (χ0) is 12.6. The van der Waals surface area contributed by atoms with Crippen molar-refractivity contribution in [2.24, 2.45) is 11.8 Å². The predicted octanol–water partition coefficient (Wildman–Crippen LogP) is 1.16. The summed E-state index contributed by atoms with van der Waals surface area (Å²) in [7, 11) is 0. The molecule has 2 unspecified atom stereocenters. The Hall–Kier alpha value is -1.06. The van der Waals surface area contributed by atoms with Gasteiger partial charge in [0.05, 0.1) is 6.54 Å². The number of nitrogens with one attached hydrogen (secondary N) is 1. The van der Waals surface area contributed by atoms with Crippen LogP contribution in [0.25, 0.3) is 0 Å². The molecule has 2 amide bonds. The van der Waals surface area contributed by atoms with Crippen LogP contribution in [0.4, 0.5) is 0 Å². The lowest BCUT2D eigenvalue weighted by atomic mass is 9.79. The summed E-state index contributed by atoms with van der Waals surface area (Å²) in [4.78, 5) is 25.8. The van der Waals surface area contributed by atoms with Gasteiger partial charge in [-0.1, -0.05) is 20.3 Å². The highest BCUT2D eigenvalue weighted by Gasteiger charge is 2.39. The standard InChI is InChI=1S/C13H22N2O2/c1-8(2)12-13(17)15(7-11(16)14-12)9(3)10-5-4-6-10/h8-10,12H,4-7H2,1-3H3,(H,14,16). The van der Waals surface area contributed by atoms with E-state index in [1.54, 1.807) is 4.90 Å². The van der Waals surface area contributed by atoms with Crippen molar-refractivity contribution in [3.05, 3.63) is 0 Å². The van der Waals surface area contributed by atoms with E-state index < -0.39 is 0 Å². The lowest BCUT2D eigenvalue weighted by Crippen LogP contribution is -2.63. The molecule has 4 nitrogen and oxygen atoms in total. The number of carbonyl (C=O) groups excluding carboxylic acids is 2. The van der Waals surface area contributed by atoms with Crippen molar-refractivity contribution in [1.82, 2.24) is 10.2 Å². The number of carbonyl (C=O) groups is 2. The van der Waals surface area contributed by atoms with Crippen LogP contribution in [0.15, 0.2) is 0 Å². The summed E-state index contributed by atoms with van der Waals surface area (Å²) in [6.07, 6.45) is 3.65. The van der Waals surface area contributed by atoms with Crippen LogP contribution < -0.4 is 5.32 Å². The molecular weight excluding hydrogens is 216 g/mol. The van der Waals surface area contributed by atoms with Crippen LogP contribution in [0.5, 0.6) is 0 Å². The second-order valence-corrected chi connectivity index (χ2v) is 5.69. The zero-order valence-corrected chi connectivity index (χ0v) is 10.9. The van der Waals surface area contributed by atoms with Crippen LogP contribution in [0, 0.1) is 11.8 Å². The number of hydrogen-bond donors (Lipinski definition) is 1. The predicted molar refractivity (Wildman–Crippen MR) is 65.3 cm³/mol. The molecular formula is C13H22N2O2. The second kappa shape index (κ2) is 4.67.